The minimum Gasteiger partial charge on any atom is -0.482 e. The first-order valence-electron chi connectivity index (χ1n) is 6.80. The second-order valence-corrected chi connectivity index (χ2v) is 5.01. The highest BCUT2D eigenvalue weighted by atomic mass is 35.5. The molecule has 3 N–H and O–H groups in total. The molecule has 25 heavy (non-hydrogen) atoms. The molecule has 2 rings (SSSR count). The van der Waals surface area contributed by atoms with Gasteiger partial charge in [0, 0.05) is 12.1 Å². The van der Waals surface area contributed by atoms with Crippen molar-refractivity contribution in [2.75, 3.05) is 31.1 Å². The number of nitro groups is 1. The molecule has 1 heterocycles. The molecule has 0 aromatic heterocycles. The summed E-state index contributed by atoms with van der Waals surface area (Å²) in [5, 5.41) is 12.8. The van der Waals surface area contributed by atoms with Crippen LogP contribution in [0.5, 0.6) is 5.75 Å². The SMILES string of the molecule is Cl.NCC(F)(F)CNC(=O)CN1C(=O)COc2ccc([N+](=O)[O-])cc21. The number of ether oxygens (including phenoxy) is 1. The number of non-ortho nitro benzene ring substituents is 1. The Kier molecular flexibility index (Phi) is 6.59. The summed E-state index contributed by atoms with van der Waals surface area (Å²) in [6, 6.07) is 3.57. The van der Waals surface area contributed by atoms with Gasteiger partial charge in [-0.15, -0.1) is 12.4 Å². The Morgan fingerprint density at radius 3 is 2.76 bits per heavy atom. The van der Waals surface area contributed by atoms with Gasteiger partial charge in [-0.1, -0.05) is 0 Å². The van der Waals surface area contributed by atoms with E-state index in [-0.39, 0.29) is 36.1 Å². The van der Waals surface area contributed by atoms with Crippen LogP contribution in [0.3, 0.4) is 0 Å². The van der Waals surface area contributed by atoms with Gasteiger partial charge in [-0.2, -0.15) is 0 Å². The number of hydrogen-bond acceptors (Lipinski definition) is 6. The average Bonchev–Trinajstić information content (AvgIpc) is 2.55. The first-order valence-corrected chi connectivity index (χ1v) is 6.80. The summed E-state index contributed by atoms with van der Waals surface area (Å²) >= 11 is 0. The van der Waals surface area contributed by atoms with Gasteiger partial charge in [0.1, 0.15) is 12.3 Å². The van der Waals surface area contributed by atoms with Gasteiger partial charge in [-0.05, 0) is 6.07 Å². The summed E-state index contributed by atoms with van der Waals surface area (Å²) < 4.78 is 31.2. The predicted octanol–water partition coefficient (Wildman–Crippen LogP) is 0.452. The molecule has 138 valence electrons. The number of nitrogens with two attached hydrogens (primary N) is 1. The van der Waals surface area contributed by atoms with Crippen molar-refractivity contribution in [3.05, 3.63) is 28.3 Å². The molecule has 1 aromatic carbocycles. The minimum absolute atomic E-state index is 0. The molecule has 1 aliphatic rings. The third kappa shape index (κ3) is 4.97. The Balaban J connectivity index is 0.00000312. The molecule has 12 heteroatoms. The third-order valence-electron chi connectivity index (χ3n) is 3.24. The van der Waals surface area contributed by atoms with E-state index >= 15 is 0 Å². The second-order valence-electron chi connectivity index (χ2n) is 5.01. The number of alkyl halides is 2. The summed E-state index contributed by atoms with van der Waals surface area (Å²) in [5.41, 5.74) is 4.59. The maximum absolute atomic E-state index is 13.0. The molecule has 0 saturated carbocycles. The van der Waals surface area contributed by atoms with Gasteiger partial charge in [-0.3, -0.25) is 24.6 Å². The first kappa shape index (κ1) is 20.5. The Morgan fingerprint density at radius 1 is 1.48 bits per heavy atom. The number of nitrogens with one attached hydrogen (secondary N) is 1. The summed E-state index contributed by atoms with van der Waals surface area (Å²) in [4.78, 5) is 34.8. The highest BCUT2D eigenvalue weighted by Crippen LogP contribution is 2.35. The van der Waals surface area contributed by atoms with Crippen LogP contribution < -0.4 is 20.7 Å². The fourth-order valence-corrected chi connectivity index (χ4v) is 1.98. The maximum Gasteiger partial charge on any atom is 0.277 e. The van der Waals surface area contributed by atoms with Crippen LogP contribution in [0.25, 0.3) is 0 Å². The summed E-state index contributed by atoms with van der Waals surface area (Å²) in [7, 11) is 0. The molecule has 0 unspecified atom stereocenters. The number of anilines is 1. The summed E-state index contributed by atoms with van der Waals surface area (Å²) in [6.45, 7) is -2.84. The number of nitro benzene ring substituents is 1. The molecule has 0 radical (unpaired) electrons. The molecule has 2 amide bonds. The lowest BCUT2D eigenvalue weighted by Gasteiger charge is -2.28. The van der Waals surface area contributed by atoms with Crippen molar-refractivity contribution >= 4 is 35.6 Å². The smallest absolute Gasteiger partial charge is 0.277 e. The fraction of sp³-hybridized carbons (Fsp3) is 0.385. The minimum atomic E-state index is -3.26. The van der Waals surface area contributed by atoms with Gasteiger partial charge in [0.15, 0.2) is 6.61 Å². The van der Waals surface area contributed by atoms with E-state index in [0.717, 1.165) is 11.0 Å². The lowest BCUT2D eigenvalue weighted by molar-refractivity contribution is -0.384. The van der Waals surface area contributed by atoms with Crippen LogP contribution in [-0.4, -0.2) is 48.9 Å². The number of halogens is 3. The first-order chi connectivity index (χ1) is 11.2. The van der Waals surface area contributed by atoms with Crippen molar-refractivity contribution in [2.45, 2.75) is 5.92 Å². The number of fused-ring (bicyclic) bond motifs is 1. The number of hydrogen-bond donors (Lipinski definition) is 2. The summed E-state index contributed by atoms with van der Waals surface area (Å²) in [6.07, 6.45) is 0. The lowest BCUT2D eigenvalue weighted by Crippen LogP contribution is -2.48. The third-order valence-corrected chi connectivity index (χ3v) is 3.24. The molecular formula is C13H15ClF2N4O5. The van der Waals surface area contributed by atoms with Crippen LogP contribution in [-0.2, 0) is 9.59 Å². The zero-order valence-electron chi connectivity index (χ0n) is 12.7. The highest BCUT2D eigenvalue weighted by Gasteiger charge is 2.31. The van der Waals surface area contributed by atoms with Crippen LogP contribution in [0.2, 0.25) is 0 Å². The monoisotopic (exact) mass is 380 g/mol. The van der Waals surface area contributed by atoms with Crippen molar-refractivity contribution in [3.8, 4) is 5.75 Å². The Labute approximate surface area is 146 Å². The number of carbonyl (C=O) groups excluding carboxylic acids is 2. The standard InChI is InChI=1S/C13H14F2N4O5.ClH/c14-13(15,6-16)7-17-11(20)4-18-9-3-8(19(22)23)1-2-10(9)24-5-12(18)21;/h1-3H,4-7,16H2,(H,17,20);1H. The molecule has 0 spiro atoms. The van der Waals surface area contributed by atoms with Gasteiger partial charge in [0.25, 0.3) is 17.5 Å². The molecule has 0 fully saturated rings. The van der Waals surface area contributed by atoms with E-state index in [2.05, 4.69) is 0 Å². The summed E-state index contributed by atoms with van der Waals surface area (Å²) in [5.74, 6) is -4.55. The molecule has 1 aromatic rings. The molecule has 0 bridgehead atoms. The van der Waals surface area contributed by atoms with Gasteiger partial charge in [-0.25, -0.2) is 8.78 Å². The van der Waals surface area contributed by atoms with Gasteiger partial charge in [0.2, 0.25) is 5.91 Å². The van der Waals surface area contributed by atoms with Gasteiger partial charge >= 0.3 is 0 Å². The van der Waals surface area contributed by atoms with Gasteiger partial charge in [0.05, 0.1) is 23.7 Å². The van der Waals surface area contributed by atoms with Crippen molar-refractivity contribution in [3.63, 3.8) is 0 Å². The molecule has 0 atom stereocenters. The van der Waals surface area contributed by atoms with Crippen LogP contribution >= 0.6 is 12.4 Å². The van der Waals surface area contributed by atoms with Crippen LogP contribution in [0.1, 0.15) is 0 Å². The van der Waals surface area contributed by atoms with Crippen LogP contribution in [0.4, 0.5) is 20.2 Å². The number of nitrogens with zero attached hydrogens (tertiary/aromatic N) is 2. The van der Waals surface area contributed by atoms with Crippen LogP contribution in [0.15, 0.2) is 18.2 Å². The zero-order valence-corrected chi connectivity index (χ0v) is 13.6. The Hall–Kier alpha value is -2.53. The average molecular weight is 381 g/mol. The van der Waals surface area contributed by atoms with Crippen LogP contribution in [0, 0.1) is 10.1 Å². The van der Waals surface area contributed by atoms with E-state index in [0.29, 0.717) is 0 Å². The molecule has 0 saturated heterocycles. The normalized spacial score (nSPS) is 13.4. The van der Waals surface area contributed by atoms with E-state index in [4.69, 9.17) is 10.5 Å². The number of rotatable bonds is 6. The number of amides is 2. The van der Waals surface area contributed by atoms with Crippen molar-refractivity contribution < 1.29 is 28.0 Å². The maximum atomic E-state index is 13.0. The topological polar surface area (TPSA) is 128 Å². The Bertz CT molecular complexity index is 688. The zero-order chi connectivity index (χ0) is 17.9. The van der Waals surface area contributed by atoms with E-state index in [1.165, 1.54) is 12.1 Å². The van der Waals surface area contributed by atoms with E-state index in [1.54, 1.807) is 0 Å². The fourth-order valence-electron chi connectivity index (χ4n) is 1.98. The molecule has 1 aliphatic heterocycles. The number of carbonyl (C=O) groups is 2. The quantitative estimate of drug-likeness (QED) is 0.545. The highest BCUT2D eigenvalue weighted by molar-refractivity contribution is 6.02. The second kappa shape index (κ2) is 8.03. The van der Waals surface area contributed by atoms with Crippen molar-refractivity contribution in [1.82, 2.24) is 5.32 Å². The molecule has 0 aliphatic carbocycles. The van der Waals surface area contributed by atoms with E-state index in [9.17, 15) is 28.5 Å². The van der Waals surface area contributed by atoms with Crippen molar-refractivity contribution in [2.24, 2.45) is 5.73 Å². The van der Waals surface area contributed by atoms with E-state index < -0.39 is 42.3 Å². The molecular weight excluding hydrogens is 366 g/mol. The number of benzene rings is 1. The van der Waals surface area contributed by atoms with Gasteiger partial charge < -0.3 is 15.8 Å². The van der Waals surface area contributed by atoms with E-state index in [1.807, 2.05) is 5.32 Å². The Morgan fingerprint density at radius 2 is 2.16 bits per heavy atom. The molecule has 9 nitrogen and oxygen atoms in total. The van der Waals surface area contributed by atoms with Crippen molar-refractivity contribution in [1.29, 1.82) is 0 Å². The largest absolute Gasteiger partial charge is 0.482 e. The lowest BCUT2D eigenvalue weighted by atomic mass is 10.2. The predicted molar refractivity (Wildman–Crippen MR) is 85.2 cm³/mol.